The van der Waals surface area contributed by atoms with Crippen LogP contribution in [0.2, 0.25) is 0 Å². The van der Waals surface area contributed by atoms with E-state index in [1.165, 1.54) is 199 Å². The maximum Gasteiger partial charge on any atom is 0.222 e. The van der Waals surface area contributed by atoms with Gasteiger partial charge in [0, 0.05) is 0 Å². The van der Waals surface area contributed by atoms with Crippen molar-refractivity contribution in [2.45, 2.75) is 276 Å². The Labute approximate surface area is 349 Å². The van der Waals surface area contributed by atoms with Crippen LogP contribution in [0.4, 0.5) is 0 Å². The molecule has 330 valence electrons. The number of allylic oxidation sites excluding steroid dienone is 5. The standard InChI is InChI=1S/C51H97NO4/c1-3-5-7-9-11-13-15-17-18-19-20-21-22-23-24-25-26-27-28-29-30-31-32-33-34-36-38-40-42-44-48(54)46-51(56)52-49(47-53)50(55)45-43-41-39-37-35-16-14-12-10-8-6-4-2/h20-21,23-24,43,45,48-50,53-55H,3-19,22,25-42,44,46-47H2,1-2H3,(H,52,56)/b21-20-,24-23-,45-43+. The minimum atomic E-state index is -0.927. The lowest BCUT2D eigenvalue weighted by Crippen LogP contribution is -2.45. The van der Waals surface area contributed by atoms with E-state index < -0.39 is 18.2 Å². The first-order valence-corrected chi connectivity index (χ1v) is 24.8. The van der Waals surface area contributed by atoms with E-state index in [4.69, 9.17) is 0 Å². The molecule has 0 aliphatic rings. The Kier molecular flexibility index (Phi) is 45.1. The predicted octanol–water partition coefficient (Wildman–Crippen LogP) is 14.7. The van der Waals surface area contributed by atoms with Gasteiger partial charge in [-0.05, 0) is 51.4 Å². The van der Waals surface area contributed by atoms with Gasteiger partial charge in [-0.2, -0.15) is 0 Å². The summed E-state index contributed by atoms with van der Waals surface area (Å²) in [6, 6.07) is -0.743. The number of rotatable bonds is 45. The molecular weight excluding hydrogens is 691 g/mol. The summed E-state index contributed by atoms with van der Waals surface area (Å²) in [5.74, 6) is -0.316. The molecule has 4 N–H and O–H groups in total. The molecule has 56 heavy (non-hydrogen) atoms. The number of carbonyl (C=O) groups excluding carboxylic acids is 1. The van der Waals surface area contributed by atoms with E-state index >= 15 is 0 Å². The molecule has 0 radical (unpaired) electrons. The number of carbonyl (C=O) groups is 1. The van der Waals surface area contributed by atoms with Gasteiger partial charge in [-0.25, -0.2) is 0 Å². The zero-order valence-electron chi connectivity index (χ0n) is 37.5. The monoisotopic (exact) mass is 788 g/mol. The Morgan fingerprint density at radius 1 is 0.464 bits per heavy atom. The van der Waals surface area contributed by atoms with Crippen LogP contribution in [0.1, 0.15) is 258 Å². The molecular formula is C51H97NO4. The first-order chi connectivity index (χ1) is 27.5. The first-order valence-electron chi connectivity index (χ1n) is 24.8. The highest BCUT2D eigenvalue weighted by Crippen LogP contribution is 2.16. The minimum absolute atomic E-state index is 0.0138. The lowest BCUT2D eigenvalue weighted by Gasteiger charge is -2.21. The van der Waals surface area contributed by atoms with Crippen LogP contribution in [0.15, 0.2) is 36.5 Å². The molecule has 0 aromatic carbocycles. The van der Waals surface area contributed by atoms with E-state index in [0.717, 1.165) is 32.1 Å². The molecule has 0 aliphatic carbocycles. The predicted molar refractivity (Wildman–Crippen MR) is 245 cm³/mol. The Balaban J connectivity index is 3.55. The summed E-state index contributed by atoms with van der Waals surface area (Å²) in [7, 11) is 0. The minimum Gasteiger partial charge on any atom is -0.394 e. The van der Waals surface area contributed by atoms with E-state index in [2.05, 4.69) is 43.5 Å². The van der Waals surface area contributed by atoms with Crippen molar-refractivity contribution in [2.24, 2.45) is 0 Å². The third kappa shape index (κ3) is 42.2. The fourth-order valence-electron chi connectivity index (χ4n) is 7.61. The van der Waals surface area contributed by atoms with Crippen molar-refractivity contribution in [3.8, 4) is 0 Å². The van der Waals surface area contributed by atoms with Gasteiger partial charge in [0.2, 0.25) is 5.91 Å². The summed E-state index contributed by atoms with van der Waals surface area (Å²) in [4.78, 5) is 12.4. The van der Waals surface area contributed by atoms with Gasteiger partial charge in [0.1, 0.15) is 0 Å². The molecule has 0 fully saturated rings. The van der Waals surface area contributed by atoms with Crippen molar-refractivity contribution in [1.29, 1.82) is 0 Å². The average molecular weight is 788 g/mol. The van der Waals surface area contributed by atoms with Crippen molar-refractivity contribution >= 4 is 5.91 Å². The molecule has 5 nitrogen and oxygen atoms in total. The lowest BCUT2D eigenvalue weighted by atomic mass is 10.0. The van der Waals surface area contributed by atoms with Crippen molar-refractivity contribution in [2.75, 3.05) is 6.61 Å². The number of hydrogen-bond acceptors (Lipinski definition) is 4. The first kappa shape index (κ1) is 54.6. The van der Waals surface area contributed by atoms with Gasteiger partial charge in [0.25, 0.3) is 0 Å². The third-order valence-corrected chi connectivity index (χ3v) is 11.4. The van der Waals surface area contributed by atoms with Gasteiger partial charge in [-0.15, -0.1) is 0 Å². The van der Waals surface area contributed by atoms with Gasteiger partial charge in [-0.3, -0.25) is 4.79 Å². The topological polar surface area (TPSA) is 89.8 Å². The van der Waals surface area contributed by atoms with Crippen LogP contribution in [0.25, 0.3) is 0 Å². The number of aliphatic hydroxyl groups is 3. The van der Waals surface area contributed by atoms with E-state index in [0.29, 0.717) is 6.42 Å². The second kappa shape index (κ2) is 46.3. The maximum atomic E-state index is 12.4. The number of hydrogen-bond donors (Lipinski definition) is 4. The van der Waals surface area contributed by atoms with Crippen molar-refractivity contribution in [3.63, 3.8) is 0 Å². The van der Waals surface area contributed by atoms with E-state index in [-0.39, 0.29) is 18.9 Å². The highest BCUT2D eigenvalue weighted by molar-refractivity contribution is 5.76. The zero-order chi connectivity index (χ0) is 40.8. The molecule has 1 amide bonds. The molecule has 0 saturated carbocycles. The summed E-state index contributed by atoms with van der Waals surface area (Å²) in [6.07, 6.45) is 58.8. The zero-order valence-corrected chi connectivity index (χ0v) is 37.5. The van der Waals surface area contributed by atoms with Gasteiger partial charge < -0.3 is 20.6 Å². The summed E-state index contributed by atoms with van der Waals surface area (Å²) in [6.45, 7) is 4.21. The molecule has 0 aliphatic heterocycles. The van der Waals surface area contributed by atoms with Crippen LogP contribution >= 0.6 is 0 Å². The van der Waals surface area contributed by atoms with Gasteiger partial charge in [-0.1, -0.05) is 237 Å². The molecule has 0 rings (SSSR count). The molecule has 0 aromatic heterocycles. The third-order valence-electron chi connectivity index (χ3n) is 11.4. The normalized spacial score (nSPS) is 13.7. The van der Waals surface area contributed by atoms with E-state index in [9.17, 15) is 20.1 Å². The van der Waals surface area contributed by atoms with E-state index in [1.807, 2.05) is 6.08 Å². The summed E-state index contributed by atoms with van der Waals surface area (Å²) in [5, 5.41) is 33.2. The Bertz CT molecular complexity index is 870. The average Bonchev–Trinajstić information content (AvgIpc) is 3.19. The number of nitrogens with one attached hydrogen (secondary N) is 1. The van der Waals surface area contributed by atoms with Gasteiger partial charge >= 0.3 is 0 Å². The number of unbranched alkanes of at least 4 members (excludes halogenated alkanes) is 32. The largest absolute Gasteiger partial charge is 0.394 e. The molecule has 0 heterocycles. The van der Waals surface area contributed by atoms with Gasteiger partial charge in [0.15, 0.2) is 0 Å². The van der Waals surface area contributed by atoms with Gasteiger partial charge in [0.05, 0.1) is 31.3 Å². The van der Waals surface area contributed by atoms with Crippen molar-refractivity contribution in [3.05, 3.63) is 36.5 Å². The molecule has 0 bridgehead atoms. The van der Waals surface area contributed by atoms with Crippen LogP contribution in [0.3, 0.4) is 0 Å². The summed E-state index contributed by atoms with van der Waals surface area (Å²) < 4.78 is 0. The highest BCUT2D eigenvalue weighted by Gasteiger charge is 2.20. The van der Waals surface area contributed by atoms with Crippen LogP contribution < -0.4 is 5.32 Å². The molecule has 3 atom stereocenters. The molecule has 5 heteroatoms. The quantitative estimate of drug-likeness (QED) is 0.0365. The van der Waals surface area contributed by atoms with Crippen LogP contribution in [0.5, 0.6) is 0 Å². The van der Waals surface area contributed by atoms with Crippen LogP contribution in [0, 0.1) is 0 Å². The van der Waals surface area contributed by atoms with Crippen LogP contribution in [-0.4, -0.2) is 46.1 Å². The number of amides is 1. The Hall–Kier alpha value is -1.43. The second-order valence-corrected chi connectivity index (χ2v) is 17.1. The smallest absolute Gasteiger partial charge is 0.222 e. The van der Waals surface area contributed by atoms with E-state index in [1.54, 1.807) is 6.08 Å². The molecule has 3 unspecified atom stereocenters. The molecule has 0 spiro atoms. The Morgan fingerprint density at radius 2 is 0.804 bits per heavy atom. The fourth-order valence-corrected chi connectivity index (χ4v) is 7.61. The fraction of sp³-hybridized carbons (Fsp3) is 0.863. The molecule has 0 saturated heterocycles. The summed E-state index contributed by atoms with van der Waals surface area (Å²) >= 11 is 0. The highest BCUT2D eigenvalue weighted by atomic mass is 16.3. The molecule has 0 aromatic rings. The second-order valence-electron chi connectivity index (χ2n) is 17.1. The number of aliphatic hydroxyl groups excluding tert-OH is 3. The van der Waals surface area contributed by atoms with Crippen LogP contribution in [-0.2, 0) is 4.79 Å². The van der Waals surface area contributed by atoms with Crippen molar-refractivity contribution < 1.29 is 20.1 Å². The maximum absolute atomic E-state index is 12.4. The SMILES string of the molecule is CCCCCCCCCCC/C=C\C/C=C\CCCCCCCCCCCCCCCC(O)CC(=O)NC(CO)C(O)/C=C/CCCCCCCCCCCC. The lowest BCUT2D eigenvalue weighted by molar-refractivity contribution is -0.124. The summed E-state index contributed by atoms with van der Waals surface area (Å²) in [5.41, 5.74) is 0. The van der Waals surface area contributed by atoms with Crippen molar-refractivity contribution in [1.82, 2.24) is 5.32 Å². The Morgan fingerprint density at radius 3 is 1.18 bits per heavy atom.